The van der Waals surface area contributed by atoms with Crippen molar-refractivity contribution < 1.29 is 4.74 Å². The van der Waals surface area contributed by atoms with Gasteiger partial charge in [-0.2, -0.15) is 0 Å². The van der Waals surface area contributed by atoms with Gasteiger partial charge in [0.25, 0.3) is 0 Å². The van der Waals surface area contributed by atoms with Crippen LogP contribution in [0.1, 0.15) is 30.4 Å². The molecule has 1 saturated heterocycles. The third-order valence-electron chi connectivity index (χ3n) is 4.63. The van der Waals surface area contributed by atoms with Crippen LogP contribution in [-0.2, 0) is 6.42 Å². The molecule has 2 atom stereocenters. The van der Waals surface area contributed by atoms with Crippen molar-refractivity contribution in [3.8, 4) is 5.75 Å². The molecule has 1 aromatic rings. The molecule has 1 fully saturated rings. The molecular weight excluding hydrogens is 248 g/mol. The summed E-state index contributed by atoms with van der Waals surface area (Å²) in [6.45, 7) is 5.44. The number of hydrogen-bond acceptors (Lipinski definition) is 3. The molecule has 3 rings (SSSR count). The third kappa shape index (κ3) is 3.15. The number of aryl methyl sites for hydroxylation is 1. The number of ether oxygens (including phenoxy) is 1. The van der Waals surface area contributed by atoms with Crippen LogP contribution in [-0.4, -0.2) is 43.7 Å². The SMILES string of the molecule is Cc1ccc2c(c1)CC(CNCC1CCCCN1C)O2. The molecule has 0 aliphatic carbocycles. The first-order valence-corrected chi connectivity index (χ1v) is 7.89. The number of rotatable bonds is 4. The Morgan fingerprint density at radius 2 is 2.20 bits per heavy atom. The van der Waals surface area contributed by atoms with Gasteiger partial charge >= 0.3 is 0 Å². The quantitative estimate of drug-likeness (QED) is 0.912. The van der Waals surface area contributed by atoms with E-state index < -0.39 is 0 Å². The Kier molecular flexibility index (Phi) is 4.27. The van der Waals surface area contributed by atoms with E-state index in [0.29, 0.717) is 12.1 Å². The van der Waals surface area contributed by atoms with Crippen LogP contribution < -0.4 is 10.1 Å². The summed E-state index contributed by atoms with van der Waals surface area (Å²) < 4.78 is 6.00. The second kappa shape index (κ2) is 6.15. The smallest absolute Gasteiger partial charge is 0.123 e. The van der Waals surface area contributed by atoms with Gasteiger partial charge in [0.2, 0.25) is 0 Å². The third-order valence-corrected chi connectivity index (χ3v) is 4.63. The molecule has 2 unspecified atom stereocenters. The minimum absolute atomic E-state index is 0.306. The van der Waals surface area contributed by atoms with Crippen LogP contribution in [0.3, 0.4) is 0 Å². The molecule has 1 aromatic carbocycles. The standard InChI is InChI=1S/C17H26N2O/c1-13-6-7-17-14(9-13)10-16(20-17)12-18-11-15-5-3-4-8-19(15)2/h6-7,9,15-16,18H,3-5,8,10-12H2,1-2H3. The van der Waals surface area contributed by atoms with Gasteiger partial charge in [0.05, 0.1) is 0 Å². The van der Waals surface area contributed by atoms with Crippen LogP contribution in [0.15, 0.2) is 18.2 Å². The largest absolute Gasteiger partial charge is 0.488 e. The minimum Gasteiger partial charge on any atom is -0.488 e. The van der Waals surface area contributed by atoms with E-state index in [0.717, 1.165) is 25.3 Å². The van der Waals surface area contributed by atoms with Crippen LogP contribution in [0.25, 0.3) is 0 Å². The molecule has 2 aliphatic rings. The Labute approximate surface area is 122 Å². The lowest BCUT2D eigenvalue weighted by molar-refractivity contribution is 0.171. The van der Waals surface area contributed by atoms with Crippen molar-refractivity contribution in [2.24, 2.45) is 0 Å². The van der Waals surface area contributed by atoms with Crippen molar-refractivity contribution in [2.45, 2.75) is 44.8 Å². The molecular formula is C17H26N2O. The Hall–Kier alpha value is -1.06. The maximum atomic E-state index is 6.00. The summed E-state index contributed by atoms with van der Waals surface area (Å²) in [4.78, 5) is 2.49. The molecule has 0 saturated carbocycles. The van der Waals surface area contributed by atoms with Gasteiger partial charge in [-0.15, -0.1) is 0 Å². The van der Waals surface area contributed by atoms with E-state index >= 15 is 0 Å². The summed E-state index contributed by atoms with van der Waals surface area (Å²) in [5, 5.41) is 3.61. The van der Waals surface area contributed by atoms with Crippen molar-refractivity contribution >= 4 is 0 Å². The highest BCUT2D eigenvalue weighted by Gasteiger charge is 2.23. The topological polar surface area (TPSA) is 24.5 Å². The maximum Gasteiger partial charge on any atom is 0.123 e. The number of piperidine rings is 1. The molecule has 0 spiro atoms. The molecule has 0 amide bonds. The number of benzene rings is 1. The lowest BCUT2D eigenvalue weighted by Gasteiger charge is -2.32. The van der Waals surface area contributed by atoms with E-state index in [1.807, 2.05) is 0 Å². The summed E-state index contributed by atoms with van der Waals surface area (Å²) in [5.41, 5.74) is 2.69. The van der Waals surface area contributed by atoms with Gasteiger partial charge in [-0.05, 0) is 45.0 Å². The van der Waals surface area contributed by atoms with Crippen LogP contribution in [0, 0.1) is 6.92 Å². The predicted octanol–water partition coefficient (Wildman–Crippen LogP) is 2.37. The first-order chi connectivity index (χ1) is 9.72. The second-order valence-corrected chi connectivity index (χ2v) is 6.34. The average Bonchev–Trinajstić information content (AvgIpc) is 2.83. The molecule has 3 nitrogen and oxygen atoms in total. The molecule has 2 aliphatic heterocycles. The number of nitrogens with one attached hydrogen (secondary N) is 1. The molecule has 110 valence electrons. The Bertz CT molecular complexity index is 460. The number of nitrogens with zero attached hydrogens (tertiary/aromatic N) is 1. The second-order valence-electron chi connectivity index (χ2n) is 6.34. The van der Waals surface area contributed by atoms with E-state index in [-0.39, 0.29) is 0 Å². The summed E-state index contributed by atoms with van der Waals surface area (Å²) >= 11 is 0. The predicted molar refractivity (Wildman–Crippen MR) is 82.4 cm³/mol. The number of likely N-dealkylation sites (tertiary alicyclic amines) is 1. The molecule has 20 heavy (non-hydrogen) atoms. The zero-order chi connectivity index (χ0) is 13.9. The maximum absolute atomic E-state index is 6.00. The van der Waals surface area contributed by atoms with Gasteiger partial charge in [-0.3, -0.25) is 0 Å². The van der Waals surface area contributed by atoms with E-state index in [1.165, 1.54) is 36.9 Å². The highest BCUT2D eigenvalue weighted by atomic mass is 16.5. The van der Waals surface area contributed by atoms with E-state index in [4.69, 9.17) is 4.74 Å². The van der Waals surface area contributed by atoms with Crippen LogP contribution >= 0.6 is 0 Å². The van der Waals surface area contributed by atoms with Crippen LogP contribution in [0.4, 0.5) is 0 Å². The number of likely N-dealkylation sites (N-methyl/N-ethyl adjacent to an activating group) is 1. The summed E-state index contributed by atoms with van der Waals surface area (Å²) in [6.07, 6.45) is 5.41. The first kappa shape index (κ1) is 13.9. The van der Waals surface area contributed by atoms with Crippen molar-refractivity contribution in [3.63, 3.8) is 0 Å². The fourth-order valence-electron chi connectivity index (χ4n) is 3.38. The van der Waals surface area contributed by atoms with E-state index in [2.05, 4.69) is 42.4 Å². The molecule has 1 N–H and O–H groups in total. The fraction of sp³-hybridized carbons (Fsp3) is 0.647. The lowest BCUT2D eigenvalue weighted by Crippen LogP contribution is -2.45. The molecule has 3 heteroatoms. The normalized spacial score (nSPS) is 26.3. The summed E-state index contributed by atoms with van der Waals surface area (Å²) in [7, 11) is 2.25. The zero-order valence-corrected chi connectivity index (χ0v) is 12.7. The van der Waals surface area contributed by atoms with Gasteiger partial charge in [0, 0.05) is 25.6 Å². The van der Waals surface area contributed by atoms with Crippen molar-refractivity contribution in [1.29, 1.82) is 0 Å². The number of hydrogen-bond donors (Lipinski definition) is 1. The van der Waals surface area contributed by atoms with Gasteiger partial charge in [-0.1, -0.05) is 24.1 Å². The average molecular weight is 274 g/mol. The zero-order valence-electron chi connectivity index (χ0n) is 12.7. The molecule has 2 heterocycles. The van der Waals surface area contributed by atoms with Crippen LogP contribution in [0.2, 0.25) is 0 Å². The van der Waals surface area contributed by atoms with Crippen molar-refractivity contribution in [3.05, 3.63) is 29.3 Å². The van der Waals surface area contributed by atoms with Gasteiger partial charge in [0.15, 0.2) is 0 Å². The Balaban J connectivity index is 1.44. The van der Waals surface area contributed by atoms with Crippen molar-refractivity contribution in [2.75, 3.05) is 26.7 Å². The van der Waals surface area contributed by atoms with Gasteiger partial charge in [-0.25, -0.2) is 0 Å². The highest BCUT2D eigenvalue weighted by Crippen LogP contribution is 2.29. The Morgan fingerprint density at radius 3 is 3.05 bits per heavy atom. The Morgan fingerprint density at radius 1 is 1.30 bits per heavy atom. The van der Waals surface area contributed by atoms with Crippen molar-refractivity contribution in [1.82, 2.24) is 10.2 Å². The lowest BCUT2D eigenvalue weighted by atomic mass is 10.0. The first-order valence-electron chi connectivity index (χ1n) is 7.89. The van der Waals surface area contributed by atoms with Gasteiger partial charge in [0.1, 0.15) is 11.9 Å². The van der Waals surface area contributed by atoms with Gasteiger partial charge < -0.3 is 15.0 Å². The minimum atomic E-state index is 0.306. The fourth-order valence-corrected chi connectivity index (χ4v) is 3.38. The molecule has 0 bridgehead atoms. The summed E-state index contributed by atoms with van der Waals surface area (Å²) in [5.74, 6) is 1.08. The van der Waals surface area contributed by atoms with Crippen LogP contribution in [0.5, 0.6) is 5.75 Å². The molecule has 0 radical (unpaired) electrons. The van der Waals surface area contributed by atoms with E-state index in [9.17, 15) is 0 Å². The number of fused-ring (bicyclic) bond motifs is 1. The molecule has 0 aromatic heterocycles. The van der Waals surface area contributed by atoms with E-state index in [1.54, 1.807) is 0 Å². The summed E-state index contributed by atoms with van der Waals surface area (Å²) in [6, 6.07) is 7.20. The monoisotopic (exact) mass is 274 g/mol. The highest BCUT2D eigenvalue weighted by molar-refractivity contribution is 5.40.